The molecule has 1 unspecified atom stereocenters. The Kier molecular flexibility index (Phi) is 5.18. The van der Waals surface area contributed by atoms with E-state index in [1.165, 1.54) is 6.26 Å². The quantitative estimate of drug-likeness (QED) is 0.818. The van der Waals surface area contributed by atoms with Crippen LogP contribution in [0.3, 0.4) is 0 Å². The van der Waals surface area contributed by atoms with E-state index in [2.05, 4.69) is 4.72 Å². The van der Waals surface area contributed by atoms with Crippen LogP contribution in [0.1, 0.15) is 24.0 Å². The van der Waals surface area contributed by atoms with E-state index >= 15 is 0 Å². The van der Waals surface area contributed by atoms with Crippen molar-refractivity contribution in [3.63, 3.8) is 0 Å². The lowest BCUT2D eigenvalue weighted by Crippen LogP contribution is -2.66. The summed E-state index contributed by atoms with van der Waals surface area (Å²) in [5, 5.41) is 0. The van der Waals surface area contributed by atoms with Gasteiger partial charge in [0.25, 0.3) is 0 Å². The van der Waals surface area contributed by atoms with Gasteiger partial charge in [0, 0.05) is 13.2 Å². The number of aryl methyl sites for hydroxylation is 1. The number of rotatable bonds is 6. The summed E-state index contributed by atoms with van der Waals surface area (Å²) in [6.07, 6.45) is 3.25. The minimum Gasteiger partial charge on any atom is -0.371 e. The zero-order chi connectivity index (χ0) is 18.1. The number of nitrogens with one attached hydrogen (secondary N) is 1. The molecule has 2 aliphatic rings. The molecule has 7 heteroatoms. The molecule has 0 saturated carbocycles. The van der Waals surface area contributed by atoms with Crippen molar-refractivity contribution in [2.75, 3.05) is 32.5 Å². The molecule has 2 fully saturated rings. The first kappa shape index (κ1) is 18.4. The average Bonchev–Trinajstić information content (AvgIpc) is 2.90. The summed E-state index contributed by atoms with van der Waals surface area (Å²) in [6.45, 7) is 4.35. The molecule has 25 heavy (non-hydrogen) atoms. The maximum Gasteiger partial charge on any atom is 0.227 e. The van der Waals surface area contributed by atoms with Crippen molar-refractivity contribution < 1.29 is 17.9 Å². The number of carbonyl (C=O) groups is 1. The van der Waals surface area contributed by atoms with Crippen LogP contribution >= 0.6 is 0 Å². The first-order valence-corrected chi connectivity index (χ1v) is 10.6. The predicted octanol–water partition coefficient (Wildman–Crippen LogP) is 1.09. The second-order valence-corrected chi connectivity index (χ2v) is 9.04. The van der Waals surface area contributed by atoms with Crippen LogP contribution in [0.4, 0.5) is 0 Å². The molecule has 3 rings (SSSR count). The summed E-state index contributed by atoms with van der Waals surface area (Å²) in [5.74, 6) is 0.424. The summed E-state index contributed by atoms with van der Waals surface area (Å²) in [5.41, 5.74) is 1.92. The van der Waals surface area contributed by atoms with Gasteiger partial charge >= 0.3 is 0 Å². The molecule has 0 bridgehead atoms. The van der Waals surface area contributed by atoms with Crippen molar-refractivity contribution >= 4 is 15.9 Å². The van der Waals surface area contributed by atoms with Gasteiger partial charge < -0.3 is 9.64 Å². The van der Waals surface area contributed by atoms with E-state index in [1.807, 2.05) is 36.1 Å². The summed E-state index contributed by atoms with van der Waals surface area (Å²) in [6, 6.07) is 7.95. The minimum atomic E-state index is -3.16. The molecule has 2 saturated heterocycles. The monoisotopic (exact) mass is 366 g/mol. The lowest BCUT2D eigenvalue weighted by molar-refractivity contribution is -0.164. The third kappa shape index (κ3) is 4.22. The maximum absolute atomic E-state index is 12.5. The molecule has 2 heterocycles. The van der Waals surface area contributed by atoms with E-state index in [-0.39, 0.29) is 11.5 Å². The second kappa shape index (κ2) is 7.05. The molecule has 138 valence electrons. The molecular formula is C18H26N2O4S. The van der Waals surface area contributed by atoms with Crippen LogP contribution in [0.15, 0.2) is 24.3 Å². The van der Waals surface area contributed by atoms with Crippen LogP contribution in [0.25, 0.3) is 0 Å². The van der Waals surface area contributed by atoms with Crippen LogP contribution in [0, 0.1) is 12.8 Å². The lowest BCUT2D eigenvalue weighted by atomic mass is 9.78. The van der Waals surface area contributed by atoms with Gasteiger partial charge in [0.05, 0.1) is 25.8 Å². The van der Waals surface area contributed by atoms with Crippen molar-refractivity contribution in [2.45, 2.75) is 31.8 Å². The Morgan fingerprint density at radius 2 is 2.08 bits per heavy atom. The summed E-state index contributed by atoms with van der Waals surface area (Å²) >= 11 is 0. The smallest absolute Gasteiger partial charge is 0.227 e. The van der Waals surface area contributed by atoms with Crippen LogP contribution in [-0.4, -0.2) is 57.3 Å². The number of likely N-dealkylation sites (tertiary alicyclic amines) is 1. The number of ether oxygens (including phenoxy) is 1. The highest BCUT2D eigenvalue weighted by Crippen LogP contribution is 2.41. The molecule has 1 amide bonds. The van der Waals surface area contributed by atoms with E-state index in [4.69, 9.17) is 4.74 Å². The fraction of sp³-hybridized carbons (Fsp3) is 0.611. The standard InChI is InChI=1S/C18H26N2O4S/c1-14-5-3-4-6-15(14)11-17(21)20-12-18(13-20)16(8-10-24-18)7-9-19-25(2,22)23/h3-6,16,19H,7-13H2,1-2H3. The van der Waals surface area contributed by atoms with E-state index in [0.29, 0.717) is 38.6 Å². The van der Waals surface area contributed by atoms with Crippen molar-refractivity contribution in [3.8, 4) is 0 Å². The van der Waals surface area contributed by atoms with Crippen molar-refractivity contribution in [1.82, 2.24) is 9.62 Å². The molecular weight excluding hydrogens is 340 g/mol. The predicted molar refractivity (Wildman–Crippen MR) is 95.7 cm³/mol. The highest BCUT2D eigenvalue weighted by atomic mass is 32.2. The summed E-state index contributed by atoms with van der Waals surface area (Å²) in [4.78, 5) is 14.4. The summed E-state index contributed by atoms with van der Waals surface area (Å²) < 4.78 is 30.9. The van der Waals surface area contributed by atoms with E-state index in [0.717, 1.165) is 24.0 Å². The van der Waals surface area contributed by atoms with Gasteiger partial charge in [-0.25, -0.2) is 13.1 Å². The van der Waals surface area contributed by atoms with Gasteiger partial charge in [-0.1, -0.05) is 24.3 Å². The van der Waals surface area contributed by atoms with E-state index in [1.54, 1.807) is 0 Å². The molecule has 1 atom stereocenters. The molecule has 0 radical (unpaired) electrons. The van der Waals surface area contributed by atoms with Gasteiger partial charge in [0.2, 0.25) is 15.9 Å². The number of amides is 1. The van der Waals surface area contributed by atoms with E-state index < -0.39 is 10.0 Å². The van der Waals surface area contributed by atoms with E-state index in [9.17, 15) is 13.2 Å². The van der Waals surface area contributed by atoms with Crippen LogP contribution < -0.4 is 4.72 Å². The SMILES string of the molecule is Cc1ccccc1CC(=O)N1CC2(C1)OCCC2CCNS(C)(=O)=O. The molecule has 1 aromatic carbocycles. The zero-order valence-corrected chi connectivity index (χ0v) is 15.6. The highest BCUT2D eigenvalue weighted by molar-refractivity contribution is 7.88. The topological polar surface area (TPSA) is 75.7 Å². The number of nitrogens with zero attached hydrogens (tertiary/aromatic N) is 1. The van der Waals surface area contributed by atoms with Crippen molar-refractivity contribution in [3.05, 3.63) is 35.4 Å². The minimum absolute atomic E-state index is 0.128. The Morgan fingerprint density at radius 3 is 2.76 bits per heavy atom. The number of hydrogen-bond donors (Lipinski definition) is 1. The molecule has 1 spiro atoms. The molecule has 1 aromatic rings. The normalized spacial score (nSPS) is 22.2. The van der Waals surface area contributed by atoms with Crippen LogP contribution in [-0.2, 0) is 26.0 Å². The summed E-state index contributed by atoms with van der Waals surface area (Å²) in [7, 11) is -3.16. The first-order valence-electron chi connectivity index (χ1n) is 8.70. The number of benzene rings is 1. The number of hydrogen-bond acceptors (Lipinski definition) is 4. The Bertz CT molecular complexity index is 741. The van der Waals surface area contributed by atoms with Gasteiger partial charge in [-0.3, -0.25) is 4.79 Å². The maximum atomic E-state index is 12.5. The fourth-order valence-corrected chi connectivity index (χ4v) is 4.31. The molecule has 0 aliphatic carbocycles. The number of carbonyl (C=O) groups excluding carboxylic acids is 1. The van der Waals surface area contributed by atoms with Crippen molar-refractivity contribution in [1.29, 1.82) is 0 Å². The lowest BCUT2D eigenvalue weighted by Gasteiger charge is -2.50. The van der Waals surface area contributed by atoms with Crippen LogP contribution in [0.2, 0.25) is 0 Å². The Labute approximate surface area is 149 Å². The molecule has 6 nitrogen and oxygen atoms in total. The Balaban J connectivity index is 1.53. The molecule has 0 aromatic heterocycles. The largest absolute Gasteiger partial charge is 0.371 e. The first-order chi connectivity index (χ1) is 11.8. The zero-order valence-electron chi connectivity index (χ0n) is 14.8. The van der Waals surface area contributed by atoms with Gasteiger partial charge in [-0.15, -0.1) is 0 Å². The average molecular weight is 366 g/mol. The van der Waals surface area contributed by atoms with Crippen LogP contribution in [0.5, 0.6) is 0 Å². The van der Waals surface area contributed by atoms with Gasteiger partial charge in [0.1, 0.15) is 5.60 Å². The Morgan fingerprint density at radius 1 is 1.36 bits per heavy atom. The molecule has 2 aliphatic heterocycles. The fourth-order valence-electron chi connectivity index (χ4n) is 3.82. The van der Waals surface area contributed by atoms with Gasteiger partial charge in [-0.05, 0) is 36.8 Å². The second-order valence-electron chi connectivity index (χ2n) is 7.21. The van der Waals surface area contributed by atoms with Gasteiger partial charge in [0.15, 0.2) is 0 Å². The molecule has 1 N–H and O–H groups in total. The number of sulfonamides is 1. The van der Waals surface area contributed by atoms with Gasteiger partial charge in [-0.2, -0.15) is 0 Å². The third-order valence-corrected chi connectivity index (χ3v) is 6.06. The highest BCUT2D eigenvalue weighted by Gasteiger charge is 2.53. The van der Waals surface area contributed by atoms with Crippen molar-refractivity contribution in [2.24, 2.45) is 5.92 Å². The third-order valence-electron chi connectivity index (χ3n) is 5.33. The Hall–Kier alpha value is -1.44.